The van der Waals surface area contributed by atoms with E-state index in [-0.39, 0.29) is 33.2 Å². The lowest BCUT2D eigenvalue weighted by atomic mass is 9.83. The maximum Gasteiger partial charge on any atom is 0.277 e. The van der Waals surface area contributed by atoms with Crippen LogP contribution in [-0.2, 0) is 7.05 Å². The van der Waals surface area contributed by atoms with E-state index in [9.17, 15) is 13.6 Å². The number of carbonyl (C=O) groups excluding carboxylic acids is 1. The number of anilines is 2. The monoisotopic (exact) mass is 432 g/mol. The second kappa shape index (κ2) is 8.11. The molecule has 10 heteroatoms. The van der Waals surface area contributed by atoms with Gasteiger partial charge in [0.25, 0.3) is 5.91 Å². The van der Waals surface area contributed by atoms with Crippen molar-refractivity contribution in [2.24, 2.45) is 12.8 Å². The zero-order valence-corrected chi connectivity index (χ0v) is 17.2. The fourth-order valence-corrected chi connectivity index (χ4v) is 4.87. The third-order valence-electron chi connectivity index (χ3n) is 5.38. The highest BCUT2D eigenvalue weighted by molar-refractivity contribution is 7.19. The van der Waals surface area contributed by atoms with Gasteiger partial charge in [-0.25, -0.2) is 13.8 Å². The number of nitrogens with zero attached hydrogens (tertiary/aromatic N) is 3. The number of halogens is 2. The lowest BCUT2D eigenvalue weighted by Crippen LogP contribution is -2.28. The molecule has 0 bridgehead atoms. The molecule has 1 saturated carbocycles. The summed E-state index contributed by atoms with van der Waals surface area (Å²) in [6, 6.07) is 3.65. The number of carbonyl (C=O) groups is 1. The molecule has 4 rings (SSSR count). The molecule has 0 saturated heterocycles. The number of thiazole rings is 1. The standard InChI is InChI=1S/C20H22F2N6OS/c1-28-17(10-4-2-5-11(23)8-10)14(9-25-28)26-19(29)16-18(24)30-20(27-16)15-12(21)6-3-7-13(15)22/h3,6-7,9-11H,2,4-5,8,23-24H2,1H3,(H,26,29)/t10-,11-/m1/s1. The fraction of sp³-hybridized carbons (Fsp3) is 0.350. The summed E-state index contributed by atoms with van der Waals surface area (Å²) in [6.45, 7) is 0. The summed E-state index contributed by atoms with van der Waals surface area (Å²) in [5.41, 5.74) is 13.2. The van der Waals surface area contributed by atoms with Crippen LogP contribution >= 0.6 is 11.3 Å². The highest BCUT2D eigenvalue weighted by atomic mass is 32.1. The molecule has 5 N–H and O–H groups in total. The Hall–Kier alpha value is -2.85. The molecule has 0 spiro atoms. The van der Waals surface area contributed by atoms with Gasteiger partial charge in [-0.2, -0.15) is 5.10 Å². The molecule has 1 amide bonds. The summed E-state index contributed by atoms with van der Waals surface area (Å²) in [6.07, 6.45) is 5.36. The molecule has 30 heavy (non-hydrogen) atoms. The number of nitrogen functional groups attached to an aromatic ring is 1. The smallest absolute Gasteiger partial charge is 0.277 e. The van der Waals surface area contributed by atoms with Crippen LogP contribution in [0.5, 0.6) is 0 Å². The van der Waals surface area contributed by atoms with E-state index in [0.29, 0.717) is 5.69 Å². The lowest BCUT2D eigenvalue weighted by molar-refractivity contribution is 0.102. The van der Waals surface area contributed by atoms with Gasteiger partial charge >= 0.3 is 0 Å². The average molecular weight is 433 g/mol. The first-order valence-electron chi connectivity index (χ1n) is 9.64. The zero-order chi connectivity index (χ0) is 21.4. The third-order valence-corrected chi connectivity index (χ3v) is 6.28. The van der Waals surface area contributed by atoms with Crippen molar-refractivity contribution in [1.29, 1.82) is 0 Å². The molecule has 2 heterocycles. The molecule has 3 aromatic rings. The maximum absolute atomic E-state index is 14.1. The first-order valence-corrected chi connectivity index (χ1v) is 10.5. The molecule has 2 atom stereocenters. The number of hydrogen-bond donors (Lipinski definition) is 3. The zero-order valence-electron chi connectivity index (χ0n) is 16.4. The van der Waals surface area contributed by atoms with E-state index in [1.165, 1.54) is 6.07 Å². The summed E-state index contributed by atoms with van der Waals surface area (Å²) >= 11 is 0.861. The van der Waals surface area contributed by atoms with Gasteiger partial charge < -0.3 is 16.8 Å². The van der Waals surface area contributed by atoms with Crippen LogP contribution in [0.3, 0.4) is 0 Å². The summed E-state index contributed by atoms with van der Waals surface area (Å²) in [5, 5.41) is 7.17. The van der Waals surface area contributed by atoms with Crippen molar-refractivity contribution >= 4 is 27.9 Å². The van der Waals surface area contributed by atoms with Crippen molar-refractivity contribution in [2.45, 2.75) is 37.6 Å². The van der Waals surface area contributed by atoms with Gasteiger partial charge in [-0.15, -0.1) is 0 Å². The molecule has 7 nitrogen and oxygen atoms in total. The lowest BCUT2D eigenvalue weighted by Gasteiger charge is -2.27. The predicted molar refractivity (Wildman–Crippen MR) is 112 cm³/mol. The van der Waals surface area contributed by atoms with Gasteiger partial charge in [0.2, 0.25) is 0 Å². The minimum Gasteiger partial charge on any atom is -0.389 e. The van der Waals surface area contributed by atoms with E-state index >= 15 is 0 Å². The molecule has 1 fully saturated rings. The number of aryl methyl sites for hydroxylation is 1. The molecule has 0 radical (unpaired) electrons. The van der Waals surface area contributed by atoms with E-state index in [2.05, 4.69) is 15.4 Å². The number of benzene rings is 1. The summed E-state index contributed by atoms with van der Waals surface area (Å²) in [5.74, 6) is -1.90. The largest absolute Gasteiger partial charge is 0.389 e. The quantitative estimate of drug-likeness (QED) is 0.583. The molecule has 2 aromatic heterocycles. The molecular weight excluding hydrogens is 410 g/mol. The van der Waals surface area contributed by atoms with Crippen LogP contribution in [0.4, 0.5) is 19.5 Å². The summed E-state index contributed by atoms with van der Waals surface area (Å²) in [7, 11) is 1.82. The molecule has 158 valence electrons. The highest BCUT2D eigenvalue weighted by Crippen LogP contribution is 2.37. The Morgan fingerprint density at radius 3 is 2.73 bits per heavy atom. The predicted octanol–water partition coefficient (Wildman–Crippen LogP) is 3.64. The molecular formula is C20H22F2N6OS. The SMILES string of the molecule is Cn1ncc(NC(=O)c2nc(-c3c(F)cccc3F)sc2N)c1[C@@H]1CCC[C@@H](N)C1. The van der Waals surface area contributed by atoms with Gasteiger partial charge in [0, 0.05) is 19.0 Å². The van der Waals surface area contributed by atoms with Crippen LogP contribution < -0.4 is 16.8 Å². The van der Waals surface area contributed by atoms with Crippen molar-refractivity contribution in [3.63, 3.8) is 0 Å². The van der Waals surface area contributed by atoms with Gasteiger partial charge in [0.1, 0.15) is 21.6 Å². The molecule has 0 unspecified atom stereocenters. The Balaban J connectivity index is 1.61. The van der Waals surface area contributed by atoms with E-state index in [0.717, 1.165) is 54.8 Å². The normalized spacial score (nSPS) is 19.1. The Morgan fingerprint density at radius 2 is 2.03 bits per heavy atom. The van der Waals surface area contributed by atoms with Crippen LogP contribution in [0.2, 0.25) is 0 Å². The fourth-order valence-electron chi connectivity index (χ4n) is 3.99. The van der Waals surface area contributed by atoms with Crippen LogP contribution in [0, 0.1) is 11.6 Å². The number of amides is 1. The van der Waals surface area contributed by atoms with Gasteiger partial charge in [0.15, 0.2) is 5.69 Å². The molecule has 1 aromatic carbocycles. The Bertz CT molecular complexity index is 1070. The number of hydrogen-bond acceptors (Lipinski definition) is 6. The van der Waals surface area contributed by atoms with Crippen LogP contribution in [-0.4, -0.2) is 26.7 Å². The second-order valence-electron chi connectivity index (χ2n) is 7.47. The molecule has 0 aliphatic heterocycles. The first kappa shape index (κ1) is 20.4. The van der Waals surface area contributed by atoms with Gasteiger partial charge in [-0.1, -0.05) is 23.8 Å². The summed E-state index contributed by atoms with van der Waals surface area (Å²) in [4.78, 5) is 17.0. The minimum atomic E-state index is -0.765. The van der Waals surface area contributed by atoms with E-state index in [4.69, 9.17) is 11.5 Å². The third kappa shape index (κ3) is 3.80. The van der Waals surface area contributed by atoms with Gasteiger partial charge in [-0.05, 0) is 31.4 Å². The number of aromatic nitrogens is 3. The maximum atomic E-state index is 14.1. The van der Waals surface area contributed by atoms with Crippen LogP contribution in [0.15, 0.2) is 24.4 Å². The van der Waals surface area contributed by atoms with Gasteiger partial charge in [0.05, 0.1) is 23.1 Å². The van der Waals surface area contributed by atoms with Crippen molar-refractivity contribution in [3.05, 3.63) is 47.4 Å². The number of nitrogens with two attached hydrogens (primary N) is 2. The Morgan fingerprint density at radius 1 is 1.30 bits per heavy atom. The van der Waals surface area contributed by atoms with E-state index < -0.39 is 17.5 Å². The van der Waals surface area contributed by atoms with Crippen molar-refractivity contribution in [2.75, 3.05) is 11.1 Å². The topological polar surface area (TPSA) is 112 Å². The Kier molecular flexibility index (Phi) is 5.52. The van der Waals surface area contributed by atoms with Crippen LogP contribution in [0.1, 0.15) is 47.8 Å². The average Bonchev–Trinajstić information content (AvgIpc) is 3.24. The number of nitrogens with one attached hydrogen (secondary N) is 1. The van der Waals surface area contributed by atoms with Crippen molar-refractivity contribution in [1.82, 2.24) is 14.8 Å². The van der Waals surface area contributed by atoms with Gasteiger partial charge in [-0.3, -0.25) is 9.48 Å². The molecule has 1 aliphatic carbocycles. The first-order chi connectivity index (χ1) is 14.3. The summed E-state index contributed by atoms with van der Waals surface area (Å²) < 4.78 is 29.9. The van der Waals surface area contributed by atoms with E-state index in [1.54, 1.807) is 10.9 Å². The number of rotatable bonds is 4. The molecule has 1 aliphatic rings. The Labute approximate surface area is 176 Å². The van der Waals surface area contributed by atoms with E-state index in [1.807, 2.05) is 7.05 Å². The van der Waals surface area contributed by atoms with Crippen molar-refractivity contribution in [3.8, 4) is 10.6 Å². The minimum absolute atomic E-state index is 0.0120. The second-order valence-corrected chi connectivity index (χ2v) is 8.50. The highest BCUT2D eigenvalue weighted by Gasteiger charge is 2.28. The van der Waals surface area contributed by atoms with Crippen molar-refractivity contribution < 1.29 is 13.6 Å². The van der Waals surface area contributed by atoms with Crippen LogP contribution in [0.25, 0.3) is 10.6 Å².